The van der Waals surface area contributed by atoms with Crippen molar-refractivity contribution < 1.29 is 14.3 Å². The van der Waals surface area contributed by atoms with Crippen LogP contribution in [0.3, 0.4) is 0 Å². The van der Waals surface area contributed by atoms with Gasteiger partial charge in [0.2, 0.25) is 0 Å². The smallest absolute Gasteiger partial charge is 0.316 e. The molecule has 0 fully saturated rings. The maximum absolute atomic E-state index is 11.8. The molecule has 17 heavy (non-hydrogen) atoms. The van der Waals surface area contributed by atoms with Gasteiger partial charge in [0.15, 0.2) is 0 Å². The Morgan fingerprint density at radius 1 is 1.59 bits per heavy atom. The number of hydrogen-bond acceptors (Lipinski definition) is 3. The quantitative estimate of drug-likeness (QED) is 0.676. The lowest BCUT2D eigenvalue weighted by atomic mass is 9.86. The minimum atomic E-state index is -0.382. The Balaban J connectivity index is 2.35. The van der Waals surface area contributed by atoms with Crippen molar-refractivity contribution in [2.24, 2.45) is 5.92 Å². The van der Waals surface area contributed by atoms with Crippen LogP contribution < -0.4 is 0 Å². The summed E-state index contributed by atoms with van der Waals surface area (Å²) in [6.07, 6.45) is 4.22. The number of carbonyl (C=O) groups is 1. The molecule has 0 radical (unpaired) electrons. The molecule has 3 nitrogen and oxygen atoms in total. The second-order valence-electron chi connectivity index (χ2n) is 5.12. The lowest BCUT2D eigenvalue weighted by Crippen LogP contribution is -2.34. The summed E-state index contributed by atoms with van der Waals surface area (Å²) in [5.41, 5.74) is 0.818. The number of rotatable bonds is 1. The summed E-state index contributed by atoms with van der Waals surface area (Å²) >= 11 is 6.07. The average molecular weight is 257 g/mol. The van der Waals surface area contributed by atoms with E-state index in [1.54, 1.807) is 0 Å². The Morgan fingerprint density at radius 3 is 2.94 bits per heavy atom. The molecule has 0 aromatic carbocycles. The third kappa shape index (κ3) is 2.49. The summed E-state index contributed by atoms with van der Waals surface area (Å²) in [6.45, 7) is 4.07. The van der Waals surface area contributed by atoms with Gasteiger partial charge in [-0.1, -0.05) is 11.6 Å². The van der Waals surface area contributed by atoms with Crippen LogP contribution in [-0.2, 0) is 14.3 Å². The number of halogens is 1. The van der Waals surface area contributed by atoms with Crippen LogP contribution in [0.15, 0.2) is 22.4 Å². The summed E-state index contributed by atoms with van der Waals surface area (Å²) in [5.74, 6) is 0.0889. The van der Waals surface area contributed by atoms with Gasteiger partial charge in [-0.2, -0.15) is 0 Å². The van der Waals surface area contributed by atoms with Crippen LogP contribution in [-0.4, -0.2) is 18.7 Å². The molecule has 4 heteroatoms. The molecule has 0 aromatic heterocycles. The fourth-order valence-corrected chi connectivity index (χ4v) is 2.57. The van der Waals surface area contributed by atoms with Crippen LogP contribution >= 0.6 is 11.6 Å². The Hall–Kier alpha value is -0.960. The van der Waals surface area contributed by atoms with Crippen molar-refractivity contribution in [3.63, 3.8) is 0 Å². The summed E-state index contributed by atoms with van der Waals surface area (Å²) < 4.78 is 10.8. The van der Waals surface area contributed by atoms with Crippen LogP contribution in [0.4, 0.5) is 0 Å². The first-order chi connectivity index (χ1) is 7.93. The number of methoxy groups -OCH3 is 1. The lowest BCUT2D eigenvalue weighted by molar-refractivity contribution is -0.146. The van der Waals surface area contributed by atoms with E-state index in [-0.39, 0.29) is 17.5 Å². The number of hydrogen-bond donors (Lipinski definition) is 0. The Morgan fingerprint density at radius 2 is 2.29 bits per heavy atom. The molecule has 0 amide bonds. The number of carbonyl (C=O) groups excluding carboxylic acids is 1. The van der Waals surface area contributed by atoms with E-state index >= 15 is 0 Å². The average Bonchev–Trinajstić information content (AvgIpc) is 2.27. The van der Waals surface area contributed by atoms with Gasteiger partial charge in [-0.3, -0.25) is 4.79 Å². The molecule has 0 N–H and O–H groups in total. The van der Waals surface area contributed by atoms with Gasteiger partial charge >= 0.3 is 5.97 Å². The maximum Gasteiger partial charge on any atom is 0.316 e. The molecule has 0 aromatic rings. The highest BCUT2D eigenvalue weighted by Crippen LogP contribution is 2.41. The SMILES string of the molecule is COC(=O)C1CC(Cl)=CC2=C1OC(C)(C)CC2. The fraction of sp³-hybridized carbons (Fsp3) is 0.615. The number of esters is 1. The third-order valence-corrected chi connectivity index (χ3v) is 3.49. The lowest BCUT2D eigenvalue weighted by Gasteiger charge is -2.37. The zero-order chi connectivity index (χ0) is 12.6. The van der Waals surface area contributed by atoms with E-state index in [2.05, 4.69) is 0 Å². The molecule has 2 aliphatic rings. The predicted octanol–water partition coefficient (Wildman–Crippen LogP) is 3.15. The first-order valence-electron chi connectivity index (χ1n) is 5.79. The van der Waals surface area contributed by atoms with E-state index in [1.165, 1.54) is 7.11 Å². The molecule has 94 valence electrons. The predicted molar refractivity (Wildman–Crippen MR) is 65.5 cm³/mol. The van der Waals surface area contributed by atoms with Crippen LogP contribution in [0, 0.1) is 5.92 Å². The van der Waals surface area contributed by atoms with E-state index in [9.17, 15) is 4.79 Å². The summed E-state index contributed by atoms with van der Waals surface area (Å²) in [7, 11) is 1.39. The second kappa shape index (κ2) is 4.37. The summed E-state index contributed by atoms with van der Waals surface area (Å²) in [5, 5.41) is 0.697. The molecular weight excluding hydrogens is 240 g/mol. The van der Waals surface area contributed by atoms with Gasteiger partial charge in [0.25, 0.3) is 0 Å². The van der Waals surface area contributed by atoms with E-state index in [0.29, 0.717) is 11.5 Å². The topological polar surface area (TPSA) is 35.5 Å². The van der Waals surface area contributed by atoms with Crippen molar-refractivity contribution in [1.82, 2.24) is 0 Å². The third-order valence-electron chi connectivity index (χ3n) is 3.23. The van der Waals surface area contributed by atoms with Gasteiger partial charge in [-0.15, -0.1) is 0 Å². The van der Waals surface area contributed by atoms with Gasteiger partial charge in [0.1, 0.15) is 17.3 Å². The maximum atomic E-state index is 11.8. The van der Waals surface area contributed by atoms with E-state index < -0.39 is 0 Å². The van der Waals surface area contributed by atoms with Gasteiger partial charge in [0, 0.05) is 11.5 Å². The molecule has 1 unspecified atom stereocenters. The Kier molecular flexibility index (Phi) is 3.21. The molecular formula is C13H17ClO3. The molecule has 0 saturated carbocycles. The molecule has 2 rings (SSSR count). The van der Waals surface area contributed by atoms with Gasteiger partial charge in [-0.05, 0) is 38.3 Å². The monoisotopic (exact) mass is 256 g/mol. The fourth-order valence-electron chi connectivity index (χ4n) is 2.28. The highest BCUT2D eigenvalue weighted by Gasteiger charge is 2.38. The van der Waals surface area contributed by atoms with Crippen LogP contribution in [0.2, 0.25) is 0 Å². The van der Waals surface area contributed by atoms with Crippen molar-refractivity contribution >= 4 is 17.6 Å². The van der Waals surface area contributed by atoms with Crippen molar-refractivity contribution in [3.05, 3.63) is 22.4 Å². The van der Waals surface area contributed by atoms with Crippen LogP contribution in [0.25, 0.3) is 0 Å². The highest BCUT2D eigenvalue weighted by atomic mass is 35.5. The molecule has 1 heterocycles. The molecule has 0 bridgehead atoms. The Labute approximate surface area is 106 Å². The zero-order valence-electron chi connectivity index (χ0n) is 10.4. The standard InChI is InChI=1S/C13H17ClO3/c1-13(2)5-4-8-6-9(14)7-10(11(8)17-13)12(15)16-3/h6,10H,4-5,7H2,1-3H3. The van der Waals surface area contributed by atoms with Crippen molar-refractivity contribution in [1.29, 1.82) is 0 Å². The minimum absolute atomic E-state index is 0.219. The normalized spacial score (nSPS) is 26.8. The molecule has 0 spiro atoms. The van der Waals surface area contributed by atoms with E-state index in [4.69, 9.17) is 21.1 Å². The zero-order valence-corrected chi connectivity index (χ0v) is 11.1. The molecule has 1 aliphatic carbocycles. The van der Waals surface area contributed by atoms with Crippen LogP contribution in [0.1, 0.15) is 33.1 Å². The van der Waals surface area contributed by atoms with Crippen molar-refractivity contribution in [2.45, 2.75) is 38.7 Å². The van der Waals surface area contributed by atoms with E-state index in [1.807, 2.05) is 19.9 Å². The van der Waals surface area contributed by atoms with Gasteiger partial charge in [0.05, 0.1) is 7.11 Å². The molecule has 1 aliphatic heterocycles. The Bertz CT molecular complexity index is 407. The first kappa shape index (κ1) is 12.5. The van der Waals surface area contributed by atoms with Crippen LogP contribution in [0.5, 0.6) is 0 Å². The van der Waals surface area contributed by atoms with Gasteiger partial charge < -0.3 is 9.47 Å². The van der Waals surface area contributed by atoms with Crippen molar-refractivity contribution in [2.75, 3.05) is 7.11 Å². The largest absolute Gasteiger partial charge is 0.491 e. The molecule has 0 saturated heterocycles. The van der Waals surface area contributed by atoms with Gasteiger partial charge in [-0.25, -0.2) is 0 Å². The second-order valence-corrected chi connectivity index (χ2v) is 5.61. The number of ether oxygens (including phenoxy) is 2. The van der Waals surface area contributed by atoms with Crippen molar-refractivity contribution in [3.8, 4) is 0 Å². The molecule has 1 atom stereocenters. The van der Waals surface area contributed by atoms with E-state index in [0.717, 1.165) is 24.2 Å². The minimum Gasteiger partial charge on any atom is -0.491 e. The summed E-state index contributed by atoms with van der Waals surface area (Å²) in [4.78, 5) is 11.8. The summed E-state index contributed by atoms with van der Waals surface area (Å²) in [6, 6.07) is 0. The first-order valence-corrected chi connectivity index (χ1v) is 6.17. The highest BCUT2D eigenvalue weighted by molar-refractivity contribution is 6.30. The number of allylic oxidation sites excluding steroid dienone is 3.